The number of hydrogen-bond acceptors (Lipinski definition) is 1. The molecule has 2 aliphatic carbocycles. The highest BCUT2D eigenvalue weighted by molar-refractivity contribution is 5.98. The first kappa shape index (κ1) is 38.0. The third kappa shape index (κ3) is 8.87. The Bertz CT molecular complexity index is 2230. The lowest BCUT2D eigenvalue weighted by Crippen LogP contribution is -2.03. The predicted molar refractivity (Wildman–Crippen MR) is 236 cm³/mol. The topological polar surface area (TPSA) is 12.9 Å². The summed E-state index contributed by atoms with van der Waals surface area (Å²) in [4.78, 5) is 5.35. The average Bonchev–Trinajstić information content (AvgIpc) is 3.56. The maximum Gasteiger partial charge on any atom is 0.0721 e. The fourth-order valence-corrected chi connectivity index (χ4v) is 7.32. The van der Waals surface area contributed by atoms with Crippen LogP contribution in [0.25, 0.3) is 61.5 Å². The number of allylic oxidation sites excluding steroid dienone is 8. The van der Waals surface area contributed by atoms with Crippen LogP contribution in [0.3, 0.4) is 0 Å². The third-order valence-electron chi connectivity index (χ3n) is 10.0. The Labute approximate surface area is 324 Å². The van der Waals surface area contributed by atoms with Gasteiger partial charge in [-0.1, -0.05) is 198 Å². The standard InChI is InChI=1S/C49H41N.2C2H6/c1-35-22-31-45(47(32-35)41-29-25-39(26-30-41)36-14-6-2-3-7-15-36)43-33-48(42-18-10-5-11-19-42)50-49(34-43)46-21-13-12-20-44(46)40-27-23-38(24-28-40)37-16-8-4-9-17-37;2*1-2/h2,4-6,8-14,16-31,33-35H,3,7,15,32H2,1H3;2*1-2H3. The molecule has 0 saturated heterocycles. The molecule has 1 unspecified atom stereocenters. The van der Waals surface area contributed by atoms with Crippen molar-refractivity contribution in [2.45, 2.75) is 60.3 Å². The summed E-state index contributed by atoms with van der Waals surface area (Å²) in [5.41, 5.74) is 16.9. The Balaban J connectivity index is 0.00000120. The molecule has 0 radical (unpaired) electrons. The van der Waals surface area contributed by atoms with Crippen LogP contribution in [-0.4, -0.2) is 4.98 Å². The van der Waals surface area contributed by atoms with E-state index in [0.717, 1.165) is 41.8 Å². The highest BCUT2D eigenvalue weighted by Crippen LogP contribution is 2.41. The highest BCUT2D eigenvalue weighted by atomic mass is 14.7. The summed E-state index contributed by atoms with van der Waals surface area (Å²) >= 11 is 0. The zero-order chi connectivity index (χ0) is 37.7. The van der Waals surface area contributed by atoms with Crippen molar-refractivity contribution < 1.29 is 0 Å². The number of nitrogens with zero attached hydrogens (tertiary/aromatic N) is 1. The van der Waals surface area contributed by atoms with Gasteiger partial charge in [0.1, 0.15) is 0 Å². The molecule has 6 aromatic rings. The molecule has 0 aliphatic heterocycles. The van der Waals surface area contributed by atoms with Gasteiger partial charge in [0.25, 0.3) is 0 Å². The maximum absolute atomic E-state index is 5.35. The van der Waals surface area contributed by atoms with Crippen LogP contribution in [0, 0.1) is 5.92 Å². The van der Waals surface area contributed by atoms with Crippen molar-refractivity contribution >= 4 is 16.7 Å². The van der Waals surface area contributed by atoms with Gasteiger partial charge in [-0.2, -0.15) is 0 Å². The summed E-state index contributed by atoms with van der Waals surface area (Å²) in [5.74, 6) is 0.470. The van der Waals surface area contributed by atoms with Gasteiger partial charge in [0.2, 0.25) is 0 Å². The largest absolute Gasteiger partial charge is 0.248 e. The summed E-state index contributed by atoms with van der Waals surface area (Å²) < 4.78 is 0. The lowest BCUT2D eigenvalue weighted by molar-refractivity contribution is 0.751. The molecular formula is C53H53N. The van der Waals surface area contributed by atoms with Gasteiger partial charge in [0, 0.05) is 11.1 Å². The minimum absolute atomic E-state index is 0.470. The number of rotatable bonds is 7. The van der Waals surface area contributed by atoms with Crippen LogP contribution in [-0.2, 0) is 0 Å². The summed E-state index contributed by atoms with van der Waals surface area (Å²) in [6.45, 7) is 10.3. The Morgan fingerprint density at radius 3 is 1.78 bits per heavy atom. The Hall–Kier alpha value is -5.79. The maximum atomic E-state index is 5.35. The van der Waals surface area contributed by atoms with Crippen LogP contribution in [0.2, 0.25) is 0 Å². The molecule has 1 heterocycles. The monoisotopic (exact) mass is 703 g/mol. The van der Waals surface area contributed by atoms with E-state index in [4.69, 9.17) is 4.98 Å². The van der Waals surface area contributed by atoms with E-state index < -0.39 is 0 Å². The normalized spacial score (nSPS) is 14.9. The fourth-order valence-electron chi connectivity index (χ4n) is 7.32. The number of pyridine rings is 1. The van der Waals surface area contributed by atoms with Gasteiger partial charge in [0.15, 0.2) is 0 Å². The molecule has 1 nitrogen and oxygen atoms in total. The van der Waals surface area contributed by atoms with Crippen molar-refractivity contribution in [3.63, 3.8) is 0 Å². The van der Waals surface area contributed by atoms with Crippen molar-refractivity contribution in [2.24, 2.45) is 5.92 Å². The zero-order valence-electron chi connectivity index (χ0n) is 32.6. The lowest BCUT2D eigenvalue weighted by atomic mass is 9.83. The van der Waals surface area contributed by atoms with Crippen LogP contribution in [0.1, 0.15) is 77.0 Å². The number of aromatic nitrogens is 1. The number of benzene rings is 5. The molecule has 1 atom stereocenters. The quantitative estimate of drug-likeness (QED) is 0.161. The minimum atomic E-state index is 0.470. The second-order valence-corrected chi connectivity index (χ2v) is 13.5. The van der Waals surface area contributed by atoms with Crippen molar-refractivity contribution in [3.05, 3.63) is 193 Å². The van der Waals surface area contributed by atoms with Crippen LogP contribution in [0.4, 0.5) is 0 Å². The van der Waals surface area contributed by atoms with Crippen molar-refractivity contribution in [2.75, 3.05) is 0 Å². The molecule has 2 aliphatic rings. The summed E-state index contributed by atoms with van der Waals surface area (Å²) in [6, 6.07) is 52.6. The van der Waals surface area contributed by atoms with Crippen molar-refractivity contribution in [3.8, 4) is 44.8 Å². The smallest absolute Gasteiger partial charge is 0.0721 e. The van der Waals surface area contributed by atoms with E-state index in [1.807, 2.05) is 27.7 Å². The molecule has 0 N–H and O–H groups in total. The van der Waals surface area contributed by atoms with Crippen LogP contribution in [0.15, 0.2) is 176 Å². The van der Waals surface area contributed by atoms with Gasteiger partial charge in [-0.05, 0) is 99.4 Å². The first-order valence-electron chi connectivity index (χ1n) is 19.9. The average molecular weight is 704 g/mol. The van der Waals surface area contributed by atoms with Crippen LogP contribution in [0.5, 0.6) is 0 Å². The summed E-state index contributed by atoms with van der Waals surface area (Å²) in [7, 11) is 0. The first-order chi connectivity index (χ1) is 26.7. The molecule has 0 bridgehead atoms. The van der Waals surface area contributed by atoms with Gasteiger partial charge in [-0.3, -0.25) is 0 Å². The molecule has 54 heavy (non-hydrogen) atoms. The second-order valence-electron chi connectivity index (χ2n) is 13.5. The van der Waals surface area contributed by atoms with E-state index in [-0.39, 0.29) is 0 Å². The molecule has 5 aromatic carbocycles. The molecule has 1 aromatic heterocycles. The zero-order valence-corrected chi connectivity index (χ0v) is 32.6. The lowest BCUT2D eigenvalue weighted by Gasteiger charge is -2.22. The van der Waals surface area contributed by atoms with Crippen molar-refractivity contribution in [1.82, 2.24) is 4.98 Å². The van der Waals surface area contributed by atoms with E-state index in [2.05, 4.69) is 183 Å². The van der Waals surface area contributed by atoms with E-state index in [9.17, 15) is 0 Å². The fraction of sp³-hybridized carbons (Fsp3) is 0.189. The van der Waals surface area contributed by atoms with E-state index in [0.29, 0.717) is 5.92 Å². The number of hydrogen-bond donors (Lipinski definition) is 0. The highest BCUT2D eigenvalue weighted by Gasteiger charge is 2.20. The summed E-state index contributed by atoms with van der Waals surface area (Å²) in [6.07, 6.45) is 16.0. The van der Waals surface area contributed by atoms with Gasteiger partial charge in [0.05, 0.1) is 11.4 Å². The van der Waals surface area contributed by atoms with Gasteiger partial charge in [-0.25, -0.2) is 4.98 Å². The molecule has 0 saturated carbocycles. The molecule has 270 valence electrons. The third-order valence-corrected chi connectivity index (χ3v) is 10.0. The molecule has 1 heteroatoms. The SMILES string of the molecule is CC.CC.CC1C=CC(c2cc(-c3ccccc3)nc(-c3ccccc3-c3ccc(-c4ccccc4)cc3)c2)=C(c2ccc(C3=CC=CCCC3)cc2)C1. The minimum Gasteiger partial charge on any atom is -0.248 e. The molecule has 0 spiro atoms. The van der Waals surface area contributed by atoms with E-state index >= 15 is 0 Å². The van der Waals surface area contributed by atoms with Crippen molar-refractivity contribution in [1.29, 1.82) is 0 Å². The second kappa shape index (κ2) is 18.8. The molecule has 0 fully saturated rings. The predicted octanol–water partition coefficient (Wildman–Crippen LogP) is 15.4. The van der Waals surface area contributed by atoms with Gasteiger partial charge >= 0.3 is 0 Å². The van der Waals surface area contributed by atoms with Gasteiger partial charge in [-0.15, -0.1) is 0 Å². The van der Waals surface area contributed by atoms with Gasteiger partial charge < -0.3 is 0 Å². The first-order valence-corrected chi connectivity index (χ1v) is 19.9. The molecule has 0 amide bonds. The van der Waals surface area contributed by atoms with Crippen LogP contribution < -0.4 is 0 Å². The molecule has 8 rings (SSSR count). The molecular weight excluding hydrogens is 651 g/mol. The Morgan fingerprint density at radius 1 is 0.519 bits per heavy atom. The Kier molecular flexibility index (Phi) is 13.2. The summed E-state index contributed by atoms with van der Waals surface area (Å²) in [5, 5.41) is 0. The Morgan fingerprint density at radius 2 is 1.07 bits per heavy atom. The van der Waals surface area contributed by atoms with E-state index in [1.165, 1.54) is 62.1 Å². The van der Waals surface area contributed by atoms with Crippen LogP contribution >= 0.6 is 0 Å². The van der Waals surface area contributed by atoms with E-state index in [1.54, 1.807) is 0 Å².